The van der Waals surface area contributed by atoms with E-state index in [0.29, 0.717) is 16.7 Å². The van der Waals surface area contributed by atoms with Gasteiger partial charge in [0.25, 0.3) is 0 Å². The van der Waals surface area contributed by atoms with Gasteiger partial charge in [-0.15, -0.1) is 0 Å². The molecule has 1 aliphatic rings. The maximum absolute atomic E-state index is 15.0. The Labute approximate surface area is 143 Å². The van der Waals surface area contributed by atoms with Crippen LogP contribution in [0.25, 0.3) is 10.8 Å². The summed E-state index contributed by atoms with van der Waals surface area (Å²) in [6, 6.07) is 5.61. The zero-order valence-corrected chi connectivity index (χ0v) is 14.7. The first-order valence-electron chi connectivity index (χ1n) is 9.35. The van der Waals surface area contributed by atoms with Gasteiger partial charge in [0.1, 0.15) is 17.0 Å². The second-order valence-electron chi connectivity index (χ2n) is 7.35. The zero-order valence-electron chi connectivity index (χ0n) is 14.7. The van der Waals surface area contributed by atoms with Gasteiger partial charge in [0.2, 0.25) is 0 Å². The van der Waals surface area contributed by atoms with Crippen LogP contribution in [0, 0.1) is 11.7 Å². The smallest absolute Gasteiger partial charge is 0.346 e. The standard InChI is InChI=1S/C21H27FO2/c1-3-4-5-6-17-13-16-11-12-18(15-9-7-14(2)8-10-15)20(22)19(16)21(23)24-17/h11-15H,3-10H2,1-2H3. The Balaban J connectivity index is 1.92. The predicted molar refractivity (Wildman–Crippen MR) is 96.0 cm³/mol. The minimum atomic E-state index is -0.525. The summed E-state index contributed by atoms with van der Waals surface area (Å²) in [6.07, 6.45) is 8.23. The van der Waals surface area contributed by atoms with E-state index in [1.807, 2.05) is 18.2 Å². The third-order valence-electron chi connectivity index (χ3n) is 5.43. The third kappa shape index (κ3) is 3.55. The average molecular weight is 330 g/mol. The molecule has 1 aliphatic carbocycles. The van der Waals surface area contributed by atoms with E-state index < -0.39 is 5.63 Å². The molecule has 1 saturated carbocycles. The van der Waals surface area contributed by atoms with Crippen LogP contribution >= 0.6 is 0 Å². The van der Waals surface area contributed by atoms with Crippen LogP contribution in [-0.4, -0.2) is 0 Å². The van der Waals surface area contributed by atoms with E-state index >= 15 is 0 Å². The van der Waals surface area contributed by atoms with Crippen LogP contribution in [0.5, 0.6) is 0 Å². The normalized spacial score (nSPS) is 21.3. The molecule has 1 aromatic heterocycles. The Morgan fingerprint density at radius 3 is 2.62 bits per heavy atom. The summed E-state index contributed by atoms with van der Waals surface area (Å²) in [5.74, 6) is 1.26. The molecular weight excluding hydrogens is 303 g/mol. The Hall–Kier alpha value is -1.64. The van der Waals surface area contributed by atoms with Crippen molar-refractivity contribution in [3.8, 4) is 0 Å². The van der Waals surface area contributed by atoms with E-state index in [4.69, 9.17) is 4.42 Å². The number of rotatable bonds is 5. The van der Waals surface area contributed by atoms with Crippen LogP contribution in [-0.2, 0) is 6.42 Å². The molecule has 24 heavy (non-hydrogen) atoms. The molecular formula is C21H27FO2. The summed E-state index contributed by atoms with van der Waals surface area (Å²) in [6.45, 7) is 4.39. The van der Waals surface area contributed by atoms with Gasteiger partial charge in [-0.1, -0.05) is 51.7 Å². The quantitative estimate of drug-likeness (QED) is 0.633. The molecule has 0 spiro atoms. The Morgan fingerprint density at radius 1 is 1.17 bits per heavy atom. The molecule has 0 N–H and O–H groups in total. The van der Waals surface area contributed by atoms with Crippen LogP contribution in [0.4, 0.5) is 4.39 Å². The van der Waals surface area contributed by atoms with E-state index in [0.717, 1.165) is 57.3 Å². The van der Waals surface area contributed by atoms with Gasteiger partial charge < -0.3 is 4.42 Å². The number of fused-ring (bicyclic) bond motifs is 1. The van der Waals surface area contributed by atoms with Crippen molar-refractivity contribution in [2.24, 2.45) is 5.92 Å². The van der Waals surface area contributed by atoms with Gasteiger partial charge in [0.15, 0.2) is 0 Å². The molecule has 2 nitrogen and oxygen atoms in total. The Morgan fingerprint density at radius 2 is 1.92 bits per heavy atom. The summed E-state index contributed by atoms with van der Waals surface area (Å²) in [5.41, 5.74) is 0.169. The monoisotopic (exact) mass is 330 g/mol. The van der Waals surface area contributed by atoms with E-state index in [9.17, 15) is 9.18 Å². The predicted octanol–water partition coefficient (Wildman–Crippen LogP) is 5.96. The lowest BCUT2D eigenvalue weighted by atomic mass is 9.79. The van der Waals surface area contributed by atoms with Gasteiger partial charge >= 0.3 is 5.63 Å². The zero-order chi connectivity index (χ0) is 17.1. The molecule has 0 saturated heterocycles. The average Bonchev–Trinajstić information content (AvgIpc) is 2.56. The summed E-state index contributed by atoms with van der Waals surface area (Å²) in [7, 11) is 0. The first-order chi connectivity index (χ1) is 11.6. The maximum atomic E-state index is 15.0. The van der Waals surface area contributed by atoms with Gasteiger partial charge in [-0.25, -0.2) is 9.18 Å². The van der Waals surface area contributed by atoms with Crippen molar-refractivity contribution >= 4 is 10.8 Å². The number of unbranched alkanes of at least 4 members (excludes halogenated alkanes) is 2. The fourth-order valence-electron chi connectivity index (χ4n) is 3.87. The molecule has 0 aliphatic heterocycles. The second-order valence-corrected chi connectivity index (χ2v) is 7.35. The molecule has 2 aromatic rings. The van der Waals surface area contributed by atoms with Crippen molar-refractivity contribution in [2.75, 3.05) is 0 Å². The summed E-state index contributed by atoms with van der Waals surface area (Å²) in [4.78, 5) is 12.3. The minimum absolute atomic E-state index is 0.130. The van der Waals surface area contributed by atoms with Crippen LogP contribution < -0.4 is 5.63 Å². The highest BCUT2D eigenvalue weighted by Crippen LogP contribution is 2.37. The van der Waals surface area contributed by atoms with E-state index in [-0.39, 0.29) is 17.1 Å². The van der Waals surface area contributed by atoms with E-state index in [1.54, 1.807) is 0 Å². The van der Waals surface area contributed by atoms with E-state index in [1.165, 1.54) is 0 Å². The molecule has 0 radical (unpaired) electrons. The van der Waals surface area contributed by atoms with Crippen molar-refractivity contribution in [3.63, 3.8) is 0 Å². The summed E-state index contributed by atoms with van der Waals surface area (Å²) in [5, 5.41) is 0.800. The number of hydrogen-bond acceptors (Lipinski definition) is 2. The van der Waals surface area contributed by atoms with Gasteiger partial charge in [0, 0.05) is 6.42 Å². The fraction of sp³-hybridized carbons (Fsp3) is 0.571. The molecule has 0 unspecified atom stereocenters. The van der Waals surface area contributed by atoms with Gasteiger partial charge in [-0.2, -0.15) is 0 Å². The highest BCUT2D eigenvalue weighted by molar-refractivity contribution is 5.83. The lowest BCUT2D eigenvalue weighted by Gasteiger charge is -2.26. The highest BCUT2D eigenvalue weighted by atomic mass is 19.1. The van der Waals surface area contributed by atoms with Crippen LogP contribution in [0.15, 0.2) is 27.4 Å². The van der Waals surface area contributed by atoms with Crippen molar-refractivity contribution in [1.29, 1.82) is 0 Å². The molecule has 3 rings (SSSR count). The first kappa shape index (κ1) is 17.2. The van der Waals surface area contributed by atoms with Crippen molar-refractivity contribution in [3.05, 3.63) is 45.8 Å². The van der Waals surface area contributed by atoms with Crippen LogP contribution in [0.3, 0.4) is 0 Å². The first-order valence-corrected chi connectivity index (χ1v) is 9.35. The lowest BCUT2D eigenvalue weighted by Crippen LogP contribution is -2.14. The highest BCUT2D eigenvalue weighted by Gasteiger charge is 2.24. The molecule has 1 heterocycles. The van der Waals surface area contributed by atoms with E-state index in [2.05, 4.69) is 13.8 Å². The molecule has 3 heteroatoms. The number of halogens is 1. The Kier molecular flexibility index (Phi) is 5.37. The summed E-state index contributed by atoms with van der Waals surface area (Å²) < 4.78 is 20.4. The second kappa shape index (κ2) is 7.50. The van der Waals surface area contributed by atoms with Gasteiger partial charge in [-0.3, -0.25) is 0 Å². The molecule has 1 aromatic carbocycles. The molecule has 0 atom stereocenters. The van der Waals surface area contributed by atoms with Crippen LogP contribution in [0.1, 0.15) is 76.0 Å². The van der Waals surface area contributed by atoms with Crippen molar-refractivity contribution in [2.45, 2.75) is 71.1 Å². The SMILES string of the molecule is CCCCCc1cc2ccc(C3CCC(C)CC3)c(F)c2c(=O)o1. The molecule has 1 fully saturated rings. The number of benzene rings is 1. The van der Waals surface area contributed by atoms with Crippen LogP contribution in [0.2, 0.25) is 0 Å². The molecule has 130 valence electrons. The summed E-state index contributed by atoms with van der Waals surface area (Å²) >= 11 is 0. The molecule has 0 bridgehead atoms. The van der Waals surface area contributed by atoms with Crippen molar-refractivity contribution in [1.82, 2.24) is 0 Å². The topological polar surface area (TPSA) is 30.2 Å². The van der Waals surface area contributed by atoms with Crippen molar-refractivity contribution < 1.29 is 8.81 Å². The lowest BCUT2D eigenvalue weighted by molar-refractivity contribution is 0.342. The third-order valence-corrected chi connectivity index (χ3v) is 5.43. The Bertz CT molecular complexity index is 754. The fourth-order valence-corrected chi connectivity index (χ4v) is 3.87. The minimum Gasteiger partial charge on any atom is -0.427 e. The molecule has 0 amide bonds. The number of hydrogen-bond donors (Lipinski definition) is 0. The largest absolute Gasteiger partial charge is 0.427 e. The number of aryl methyl sites for hydroxylation is 1. The van der Waals surface area contributed by atoms with Gasteiger partial charge in [-0.05, 0) is 48.1 Å². The maximum Gasteiger partial charge on any atom is 0.346 e. The van der Waals surface area contributed by atoms with Gasteiger partial charge in [0.05, 0.1) is 0 Å².